The minimum Gasteiger partial charge on any atom is -0.475 e. The predicted octanol–water partition coefficient (Wildman–Crippen LogP) is 3.97. The third-order valence-electron chi connectivity index (χ3n) is 5.80. The van der Waals surface area contributed by atoms with Crippen molar-refractivity contribution in [3.63, 3.8) is 0 Å². The number of aromatic nitrogens is 1. The first-order valence-corrected chi connectivity index (χ1v) is 11.8. The summed E-state index contributed by atoms with van der Waals surface area (Å²) in [5.74, 6) is -2.85. The molecular weight excluding hydrogens is 540 g/mol. The third-order valence-corrected chi connectivity index (χ3v) is 5.80. The first kappa shape index (κ1) is 32.0. The second-order valence-electron chi connectivity index (χ2n) is 8.91. The van der Waals surface area contributed by atoms with Crippen molar-refractivity contribution in [3.8, 4) is 0 Å². The number of furan rings is 1. The van der Waals surface area contributed by atoms with E-state index in [-0.39, 0.29) is 0 Å². The van der Waals surface area contributed by atoms with E-state index in [2.05, 4.69) is 26.9 Å². The Morgan fingerprint density at radius 1 is 0.974 bits per heavy atom. The fourth-order valence-corrected chi connectivity index (χ4v) is 4.01. The number of aliphatic carboxylic acids is 2. The molecule has 39 heavy (non-hydrogen) atoms. The van der Waals surface area contributed by atoms with Gasteiger partial charge in [0, 0.05) is 44.5 Å². The second-order valence-corrected chi connectivity index (χ2v) is 8.91. The van der Waals surface area contributed by atoms with Crippen molar-refractivity contribution in [2.75, 3.05) is 32.8 Å². The Hall–Kier alpha value is -3.17. The molecule has 0 aliphatic carbocycles. The zero-order valence-electron chi connectivity index (χ0n) is 20.9. The second kappa shape index (κ2) is 14.3. The van der Waals surface area contributed by atoms with Crippen molar-refractivity contribution in [3.05, 3.63) is 53.7 Å². The molecule has 0 bridgehead atoms. The van der Waals surface area contributed by atoms with Gasteiger partial charge in [0.2, 0.25) is 0 Å². The molecule has 0 amide bonds. The molecule has 0 unspecified atom stereocenters. The van der Waals surface area contributed by atoms with Crippen LogP contribution in [0.3, 0.4) is 0 Å². The van der Waals surface area contributed by atoms with Gasteiger partial charge in [-0.3, -0.25) is 14.8 Å². The average molecular weight is 569 g/mol. The van der Waals surface area contributed by atoms with Gasteiger partial charge in [0.15, 0.2) is 0 Å². The lowest BCUT2D eigenvalue weighted by molar-refractivity contribution is -0.193. The number of ether oxygens (including phenoxy) is 1. The van der Waals surface area contributed by atoms with Gasteiger partial charge in [-0.05, 0) is 43.7 Å². The number of carboxylic acids is 2. The summed E-state index contributed by atoms with van der Waals surface area (Å²) in [7, 11) is 0. The number of fused-ring (bicyclic) bond motifs is 1. The lowest BCUT2D eigenvalue weighted by Crippen LogP contribution is -2.46. The van der Waals surface area contributed by atoms with Crippen LogP contribution in [0.15, 0.2) is 41.1 Å². The highest BCUT2D eigenvalue weighted by Gasteiger charge is 2.39. The van der Waals surface area contributed by atoms with Crippen LogP contribution in [0, 0.1) is 12.8 Å². The highest BCUT2D eigenvalue weighted by molar-refractivity contribution is 5.73. The molecule has 2 aliphatic heterocycles. The Kier molecular flexibility index (Phi) is 11.7. The zero-order chi connectivity index (χ0) is 29.2. The van der Waals surface area contributed by atoms with Crippen molar-refractivity contribution in [2.24, 2.45) is 5.92 Å². The van der Waals surface area contributed by atoms with Crippen molar-refractivity contribution in [1.29, 1.82) is 0 Å². The molecule has 0 spiro atoms. The van der Waals surface area contributed by atoms with Crippen LogP contribution in [-0.2, 0) is 27.4 Å². The van der Waals surface area contributed by atoms with Crippen LogP contribution >= 0.6 is 0 Å². The molecule has 2 fully saturated rings. The molecule has 4 rings (SSSR count). The molecule has 15 heteroatoms. The van der Waals surface area contributed by atoms with Gasteiger partial charge < -0.3 is 19.4 Å². The summed E-state index contributed by atoms with van der Waals surface area (Å²) in [4.78, 5) is 27.0. The Morgan fingerprint density at radius 3 is 2.10 bits per heavy atom. The van der Waals surface area contributed by atoms with Gasteiger partial charge >= 0.3 is 24.3 Å². The van der Waals surface area contributed by atoms with E-state index in [0.29, 0.717) is 12.0 Å². The molecule has 0 saturated carbocycles. The molecule has 2 saturated heterocycles. The Balaban J connectivity index is 0.000000317. The van der Waals surface area contributed by atoms with Gasteiger partial charge in [-0.25, -0.2) is 9.59 Å². The largest absolute Gasteiger partial charge is 0.490 e. The Labute approximate surface area is 220 Å². The summed E-state index contributed by atoms with van der Waals surface area (Å²) in [5.41, 5.74) is 1.28. The van der Waals surface area contributed by atoms with E-state index in [1.165, 1.54) is 12.0 Å². The van der Waals surface area contributed by atoms with Gasteiger partial charge in [0.05, 0.1) is 19.3 Å². The number of halogens is 6. The number of carboxylic acid groups (broad SMARTS) is 2. The average Bonchev–Trinajstić information content (AvgIpc) is 3.14. The number of hydrogen-bond acceptors (Lipinski definition) is 7. The van der Waals surface area contributed by atoms with E-state index in [1.807, 2.05) is 31.5 Å². The van der Waals surface area contributed by atoms with Crippen LogP contribution in [-0.4, -0.2) is 88.2 Å². The lowest BCUT2D eigenvalue weighted by Gasteiger charge is -2.37. The standard InChI is InChI=1S/C20H27N3O2.2C2HF3O2/c1-16-4-5-19(25-16)14-22-8-6-18-13-23(9-10-24-20(18)15-22)12-17-3-2-7-21-11-17;2*3-2(4,5)1(6)7/h2-5,7,11,18,20H,6,8-10,12-15H2,1H3;2*(H,6,7)/t18-,20-;;/m1../s1. The number of alkyl halides is 6. The Bertz CT molecular complexity index is 1020. The third kappa shape index (κ3) is 11.6. The van der Waals surface area contributed by atoms with Crippen LogP contribution in [0.5, 0.6) is 0 Å². The summed E-state index contributed by atoms with van der Waals surface area (Å²) in [6.45, 7) is 8.91. The molecule has 218 valence electrons. The molecule has 0 radical (unpaired) electrons. The molecule has 4 heterocycles. The van der Waals surface area contributed by atoms with Crippen molar-refractivity contribution in [1.82, 2.24) is 14.8 Å². The molecule has 2 atom stereocenters. The maximum absolute atomic E-state index is 10.6. The van der Waals surface area contributed by atoms with Gasteiger partial charge in [0.25, 0.3) is 0 Å². The van der Waals surface area contributed by atoms with Crippen LogP contribution in [0.25, 0.3) is 0 Å². The summed E-state index contributed by atoms with van der Waals surface area (Å²) < 4.78 is 75.4. The van der Waals surface area contributed by atoms with E-state index in [1.54, 1.807) is 0 Å². The van der Waals surface area contributed by atoms with E-state index in [4.69, 9.17) is 29.0 Å². The van der Waals surface area contributed by atoms with E-state index in [0.717, 1.165) is 57.4 Å². The predicted molar refractivity (Wildman–Crippen MR) is 123 cm³/mol. The number of hydrogen-bond donors (Lipinski definition) is 2. The van der Waals surface area contributed by atoms with Crippen LogP contribution in [0.2, 0.25) is 0 Å². The van der Waals surface area contributed by atoms with E-state index in [9.17, 15) is 26.3 Å². The molecule has 2 aromatic rings. The Morgan fingerprint density at radius 2 is 1.59 bits per heavy atom. The van der Waals surface area contributed by atoms with Crippen molar-refractivity contribution >= 4 is 11.9 Å². The maximum atomic E-state index is 10.6. The van der Waals surface area contributed by atoms with Gasteiger partial charge in [-0.2, -0.15) is 26.3 Å². The number of aryl methyl sites for hydroxylation is 1. The molecule has 2 aliphatic rings. The number of carbonyl (C=O) groups is 2. The number of pyridine rings is 1. The quantitative estimate of drug-likeness (QED) is 0.528. The minimum absolute atomic E-state index is 0.337. The van der Waals surface area contributed by atoms with Gasteiger partial charge in [-0.15, -0.1) is 0 Å². The molecular formula is C24H29F6N3O6. The van der Waals surface area contributed by atoms with E-state index < -0.39 is 24.3 Å². The first-order chi connectivity index (χ1) is 18.1. The fraction of sp³-hybridized carbons (Fsp3) is 0.542. The number of nitrogens with zero attached hydrogens (tertiary/aromatic N) is 3. The van der Waals surface area contributed by atoms with E-state index >= 15 is 0 Å². The summed E-state index contributed by atoms with van der Waals surface area (Å²) in [5, 5.41) is 14.2. The topological polar surface area (TPSA) is 116 Å². The highest BCUT2D eigenvalue weighted by Crippen LogP contribution is 2.26. The smallest absolute Gasteiger partial charge is 0.475 e. The molecule has 9 nitrogen and oxygen atoms in total. The lowest BCUT2D eigenvalue weighted by atomic mass is 9.93. The highest BCUT2D eigenvalue weighted by atomic mass is 19.4. The number of likely N-dealkylation sites (tertiary alicyclic amines) is 1. The van der Waals surface area contributed by atoms with Crippen LogP contribution in [0.1, 0.15) is 23.5 Å². The number of rotatable bonds is 4. The molecule has 0 aromatic carbocycles. The fourth-order valence-electron chi connectivity index (χ4n) is 4.01. The SMILES string of the molecule is Cc1ccc(CN2CC[C@@H]3CN(Cc4cccnc4)CCO[C@@H]3C2)o1.O=C(O)C(F)(F)F.O=C(O)C(F)(F)F. The normalized spacial score (nSPS) is 20.4. The minimum atomic E-state index is -5.08. The van der Waals surface area contributed by atoms with Crippen LogP contribution in [0.4, 0.5) is 26.3 Å². The first-order valence-electron chi connectivity index (χ1n) is 11.8. The van der Waals surface area contributed by atoms with Gasteiger partial charge in [-0.1, -0.05) is 6.07 Å². The van der Waals surface area contributed by atoms with Crippen LogP contribution < -0.4 is 0 Å². The van der Waals surface area contributed by atoms with Gasteiger partial charge in [0.1, 0.15) is 11.5 Å². The maximum Gasteiger partial charge on any atom is 0.490 e. The monoisotopic (exact) mass is 569 g/mol. The zero-order valence-corrected chi connectivity index (χ0v) is 20.9. The van der Waals surface area contributed by atoms with Crippen molar-refractivity contribution in [2.45, 2.75) is 44.9 Å². The molecule has 2 N–H and O–H groups in total. The summed E-state index contributed by atoms with van der Waals surface area (Å²) in [6, 6.07) is 8.30. The van der Waals surface area contributed by atoms with Crippen molar-refractivity contribution < 1.29 is 55.3 Å². The summed E-state index contributed by atoms with van der Waals surface area (Å²) in [6.07, 6.45) is -4.84. The summed E-state index contributed by atoms with van der Waals surface area (Å²) >= 11 is 0. The number of piperidine rings is 1. The molecule has 2 aromatic heterocycles.